The van der Waals surface area contributed by atoms with Crippen molar-refractivity contribution in [3.05, 3.63) is 35.4 Å². The molecule has 0 saturated carbocycles. The van der Waals surface area contributed by atoms with Crippen LogP contribution in [-0.2, 0) is 16.8 Å². The van der Waals surface area contributed by atoms with Crippen LogP contribution in [0.15, 0.2) is 24.3 Å². The van der Waals surface area contributed by atoms with Crippen LogP contribution in [0.25, 0.3) is 0 Å². The summed E-state index contributed by atoms with van der Waals surface area (Å²) in [4.78, 5) is 13.3. The molecule has 2 rings (SSSR count). The van der Waals surface area contributed by atoms with Crippen LogP contribution in [0.4, 0.5) is 0 Å². The Labute approximate surface area is 121 Å². The topological polar surface area (TPSA) is 40.5 Å². The Morgan fingerprint density at radius 3 is 2.50 bits per heavy atom. The second kappa shape index (κ2) is 5.96. The van der Waals surface area contributed by atoms with Crippen molar-refractivity contribution in [2.75, 3.05) is 13.1 Å². The van der Waals surface area contributed by atoms with Crippen LogP contribution < -0.4 is 0 Å². The largest absolute Gasteiger partial charge is 0.481 e. The number of benzene rings is 1. The normalized spacial score (nSPS) is 20.9. The van der Waals surface area contributed by atoms with Crippen LogP contribution in [-0.4, -0.2) is 29.1 Å². The van der Waals surface area contributed by atoms with E-state index < -0.39 is 5.97 Å². The molecule has 0 radical (unpaired) electrons. The maximum atomic E-state index is 11.1. The molecule has 0 unspecified atom stereocenters. The predicted molar refractivity (Wildman–Crippen MR) is 80.8 cm³/mol. The first-order chi connectivity index (χ1) is 9.36. The van der Waals surface area contributed by atoms with E-state index in [-0.39, 0.29) is 11.3 Å². The number of hydrogen-bond acceptors (Lipinski definition) is 2. The van der Waals surface area contributed by atoms with Gasteiger partial charge in [0.05, 0.1) is 5.92 Å². The van der Waals surface area contributed by atoms with Gasteiger partial charge in [0.25, 0.3) is 0 Å². The standard InChI is InChI=1S/C17H25NO2/c1-17(2,3)15-8-6-13(7-9-15)11-18-10-4-5-14(12-18)16(19)20/h6-9,14H,4-5,10-12H2,1-3H3,(H,19,20)/t14-/m1/s1. The van der Waals surface area contributed by atoms with Gasteiger partial charge in [0.2, 0.25) is 0 Å². The molecule has 110 valence electrons. The number of likely N-dealkylation sites (tertiary alicyclic amines) is 1. The minimum Gasteiger partial charge on any atom is -0.481 e. The first-order valence-electron chi connectivity index (χ1n) is 7.41. The van der Waals surface area contributed by atoms with Gasteiger partial charge in [-0.15, -0.1) is 0 Å². The second-order valence-electron chi connectivity index (χ2n) is 6.86. The van der Waals surface area contributed by atoms with Crippen LogP contribution in [0, 0.1) is 5.92 Å². The first-order valence-corrected chi connectivity index (χ1v) is 7.41. The summed E-state index contributed by atoms with van der Waals surface area (Å²) in [6.45, 7) is 9.17. The molecule has 1 N–H and O–H groups in total. The van der Waals surface area contributed by atoms with Gasteiger partial charge in [-0.25, -0.2) is 0 Å². The van der Waals surface area contributed by atoms with E-state index in [1.54, 1.807) is 0 Å². The highest BCUT2D eigenvalue weighted by Gasteiger charge is 2.25. The fourth-order valence-corrected chi connectivity index (χ4v) is 2.77. The van der Waals surface area contributed by atoms with E-state index in [2.05, 4.69) is 49.9 Å². The monoisotopic (exact) mass is 275 g/mol. The molecule has 1 aromatic carbocycles. The molecule has 3 heteroatoms. The van der Waals surface area contributed by atoms with Gasteiger partial charge in [0.15, 0.2) is 0 Å². The van der Waals surface area contributed by atoms with Gasteiger partial charge in [-0.05, 0) is 35.9 Å². The number of aliphatic carboxylic acids is 1. The Balaban J connectivity index is 1.98. The highest BCUT2D eigenvalue weighted by Crippen LogP contribution is 2.23. The summed E-state index contributed by atoms with van der Waals surface area (Å²) in [5.41, 5.74) is 2.78. The van der Waals surface area contributed by atoms with Crippen molar-refractivity contribution in [2.24, 2.45) is 5.92 Å². The van der Waals surface area contributed by atoms with Crippen LogP contribution >= 0.6 is 0 Å². The highest BCUT2D eigenvalue weighted by atomic mass is 16.4. The summed E-state index contributed by atoms with van der Waals surface area (Å²) in [5.74, 6) is -0.852. The zero-order chi connectivity index (χ0) is 14.8. The number of nitrogens with zero attached hydrogens (tertiary/aromatic N) is 1. The van der Waals surface area contributed by atoms with Crippen molar-refractivity contribution >= 4 is 5.97 Å². The SMILES string of the molecule is CC(C)(C)c1ccc(CN2CCC[C@@H](C(=O)O)C2)cc1. The van der Waals surface area contributed by atoms with Gasteiger partial charge in [0, 0.05) is 13.1 Å². The van der Waals surface area contributed by atoms with Crippen LogP contribution in [0.3, 0.4) is 0 Å². The highest BCUT2D eigenvalue weighted by molar-refractivity contribution is 5.70. The Morgan fingerprint density at radius 1 is 1.30 bits per heavy atom. The van der Waals surface area contributed by atoms with Crippen molar-refractivity contribution in [1.29, 1.82) is 0 Å². The number of carboxylic acid groups (broad SMARTS) is 1. The molecule has 1 aliphatic heterocycles. The zero-order valence-electron chi connectivity index (χ0n) is 12.7. The van der Waals surface area contributed by atoms with Gasteiger partial charge in [-0.2, -0.15) is 0 Å². The lowest BCUT2D eigenvalue weighted by Gasteiger charge is -2.30. The van der Waals surface area contributed by atoms with E-state index in [4.69, 9.17) is 5.11 Å². The molecule has 0 amide bonds. The third-order valence-electron chi connectivity index (χ3n) is 4.08. The summed E-state index contributed by atoms with van der Waals surface area (Å²) in [5, 5.41) is 9.12. The molecule has 1 saturated heterocycles. The molecule has 0 bridgehead atoms. The van der Waals surface area contributed by atoms with Gasteiger partial charge in [0.1, 0.15) is 0 Å². The molecule has 1 aliphatic rings. The Bertz CT molecular complexity index is 459. The number of piperidine rings is 1. The van der Waals surface area contributed by atoms with Crippen LogP contribution in [0.1, 0.15) is 44.7 Å². The predicted octanol–water partition coefficient (Wildman–Crippen LogP) is 3.28. The molecule has 1 atom stereocenters. The Morgan fingerprint density at radius 2 is 1.95 bits per heavy atom. The van der Waals surface area contributed by atoms with E-state index in [0.29, 0.717) is 6.54 Å². The average molecular weight is 275 g/mol. The molecule has 0 aliphatic carbocycles. The molecule has 20 heavy (non-hydrogen) atoms. The fourth-order valence-electron chi connectivity index (χ4n) is 2.77. The van der Waals surface area contributed by atoms with Crippen molar-refractivity contribution in [3.63, 3.8) is 0 Å². The minimum absolute atomic E-state index is 0.179. The number of carboxylic acids is 1. The smallest absolute Gasteiger partial charge is 0.307 e. The third-order valence-corrected chi connectivity index (χ3v) is 4.08. The van der Waals surface area contributed by atoms with Crippen molar-refractivity contribution in [2.45, 2.75) is 45.6 Å². The molecule has 3 nitrogen and oxygen atoms in total. The van der Waals surface area contributed by atoms with E-state index in [0.717, 1.165) is 25.9 Å². The second-order valence-corrected chi connectivity index (χ2v) is 6.86. The van der Waals surface area contributed by atoms with Crippen LogP contribution in [0.2, 0.25) is 0 Å². The number of rotatable bonds is 3. The molecule has 1 heterocycles. The summed E-state index contributed by atoms with van der Waals surface area (Å²) in [7, 11) is 0. The quantitative estimate of drug-likeness (QED) is 0.920. The van der Waals surface area contributed by atoms with Gasteiger partial charge in [-0.1, -0.05) is 45.0 Å². The molecule has 0 spiro atoms. The summed E-state index contributed by atoms with van der Waals surface area (Å²) < 4.78 is 0. The van der Waals surface area contributed by atoms with Crippen molar-refractivity contribution in [1.82, 2.24) is 4.90 Å². The lowest BCUT2D eigenvalue weighted by atomic mass is 9.86. The van der Waals surface area contributed by atoms with E-state index in [9.17, 15) is 4.79 Å². The lowest BCUT2D eigenvalue weighted by Crippen LogP contribution is -2.38. The molecular formula is C17H25NO2. The zero-order valence-corrected chi connectivity index (χ0v) is 12.7. The summed E-state index contributed by atoms with van der Waals surface area (Å²) >= 11 is 0. The lowest BCUT2D eigenvalue weighted by molar-refractivity contribution is -0.143. The van der Waals surface area contributed by atoms with E-state index >= 15 is 0 Å². The van der Waals surface area contributed by atoms with Crippen molar-refractivity contribution in [3.8, 4) is 0 Å². The molecular weight excluding hydrogens is 250 g/mol. The number of carbonyl (C=O) groups is 1. The van der Waals surface area contributed by atoms with Crippen molar-refractivity contribution < 1.29 is 9.90 Å². The molecule has 1 aromatic rings. The van der Waals surface area contributed by atoms with Gasteiger partial charge < -0.3 is 5.11 Å². The van der Waals surface area contributed by atoms with Gasteiger partial charge in [-0.3, -0.25) is 9.69 Å². The van der Waals surface area contributed by atoms with Gasteiger partial charge >= 0.3 is 5.97 Å². The first kappa shape index (κ1) is 15.0. The molecule has 0 aromatic heterocycles. The summed E-state index contributed by atoms with van der Waals surface area (Å²) in [6, 6.07) is 8.72. The average Bonchev–Trinajstić information content (AvgIpc) is 2.38. The minimum atomic E-state index is -0.655. The Hall–Kier alpha value is -1.35. The molecule has 1 fully saturated rings. The Kier molecular flexibility index (Phi) is 4.48. The van der Waals surface area contributed by atoms with E-state index in [1.807, 2.05) is 0 Å². The maximum Gasteiger partial charge on any atom is 0.307 e. The number of hydrogen-bond donors (Lipinski definition) is 1. The van der Waals surface area contributed by atoms with E-state index in [1.165, 1.54) is 11.1 Å². The fraction of sp³-hybridized carbons (Fsp3) is 0.588. The third kappa shape index (κ3) is 3.83. The summed E-state index contributed by atoms with van der Waals surface area (Å²) in [6.07, 6.45) is 1.80. The maximum absolute atomic E-state index is 11.1. The van der Waals surface area contributed by atoms with Crippen LogP contribution in [0.5, 0.6) is 0 Å².